The monoisotopic (exact) mass is 466 g/mol. The summed E-state index contributed by atoms with van der Waals surface area (Å²) in [5.74, 6) is 0.914. The van der Waals surface area contributed by atoms with Gasteiger partial charge in [-0.2, -0.15) is 0 Å². The Balaban J connectivity index is 0.00000312. The standard InChI is InChI=1S/C18H34N4O2.HI/c1-14-7-5-6-10-22(14)15(2)13-20-18(19-3)21-11-8-16(9-12-21)17(23)24-4;/h14-16H,5-13H2,1-4H3,(H,19,20);1H. The molecule has 7 heteroatoms. The van der Waals surface area contributed by atoms with Gasteiger partial charge in [0, 0.05) is 38.8 Å². The first-order valence-corrected chi connectivity index (χ1v) is 9.36. The summed E-state index contributed by atoms with van der Waals surface area (Å²) in [6.45, 7) is 8.45. The van der Waals surface area contributed by atoms with Crippen molar-refractivity contribution in [2.75, 3.05) is 40.3 Å². The van der Waals surface area contributed by atoms with E-state index >= 15 is 0 Å². The lowest BCUT2D eigenvalue weighted by atomic mass is 9.97. The summed E-state index contributed by atoms with van der Waals surface area (Å²) in [6.07, 6.45) is 5.65. The van der Waals surface area contributed by atoms with E-state index in [1.165, 1.54) is 32.9 Å². The number of hydrogen-bond acceptors (Lipinski definition) is 4. The van der Waals surface area contributed by atoms with Crippen LogP contribution in [0.4, 0.5) is 0 Å². The maximum absolute atomic E-state index is 11.6. The van der Waals surface area contributed by atoms with Crippen LogP contribution in [0, 0.1) is 5.92 Å². The fourth-order valence-electron chi connectivity index (χ4n) is 3.96. The molecule has 0 amide bonds. The van der Waals surface area contributed by atoms with Gasteiger partial charge >= 0.3 is 5.97 Å². The quantitative estimate of drug-likeness (QED) is 0.298. The van der Waals surface area contributed by atoms with Crippen molar-refractivity contribution in [2.24, 2.45) is 10.9 Å². The van der Waals surface area contributed by atoms with Crippen LogP contribution in [-0.2, 0) is 9.53 Å². The molecule has 2 aliphatic heterocycles. The number of nitrogens with one attached hydrogen (secondary N) is 1. The zero-order valence-electron chi connectivity index (χ0n) is 16.2. The number of carbonyl (C=O) groups is 1. The Bertz CT molecular complexity index is 439. The SMILES string of the molecule is CN=C(NCC(C)N1CCCCC1C)N1CCC(C(=O)OC)CC1.I. The van der Waals surface area contributed by atoms with Gasteiger partial charge < -0.3 is 15.0 Å². The van der Waals surface area contributed by atoms with Gasteiger partial charge in [0.15, 0.2) is 5.96 Å². The molecule has 6 nitrogen and oxygen atoms in total. The number of piperidine rings is 2. The molecule has 0 saturated carbocycles. The Kier molecular flexibility index (Phi) is 10.1. The lowest BCUT2D eigenvalue weighted by Gasteiger charge is -2.39. The van der Waals surface area contributed by atoms with E-state index in [4.69, 9.17) is 4.74 Å². The highest BCUT2D eigenvalue weighted by Gasteiger charge is 2.28. The van der Waals surface area contributed by atoms with Gasteiger partial charge in [0.05, 0.1) is 13.0 Å². The second kappa shape index (κ2) is 11.2. The van der Waals surface area contributed by atoms with Gasteiger partial charge in [-0.15, -0.1) is 24.0 Å². The summed E-state index contributed by atoms with van der Waals surface area (Å²) in [4.78, 5) is 20.9. The molecule has 0 aromatic rings. The minimum Gasteiger partial charge on any atom is -0.469 e. The molecule has 2 saturated heterocycles. The average Bonchev–Trinajstić information content (AvgIpc) is 2.62. The number of ether oxygens (including phenoxy) is 1. The maximum Gasteiger partial charge on any atom is 0.308 e. The third-order valence-corrected chi connectivity index (χ3v) is 5.52. The van der Waals surface area contributed by atoms with Crippen LogP contribution in [0.25, 0.3) is 0 Å². The number of likely N-dealkylation sites (tertiary alicyclic amines) is 2. The van der Waals surface area contributed by atoms with Gasteiger partial charge in [-0.25, -0.2) is 0 Å². The molecule has 2 aliphatic rings. The first-order valence-electron chi connectivity index (χ1n) is 9.36. The molecule has 146 valence electrons. The molecule has 2 unspecified atom stereocenters. The van der Waals surface area contributed by atoms with Crippen molar-refractivity contribution in [3.63, 3.8) is 0 Å². The summed E-state index contributed by atoms with van der Waals surface area (Å²) in [7, 11) is 3.31. The van der Waals surface area contributed by atoms with Crippen molar-refractivity contribution < 1.29 is 9.53 Å². The van der Waals surface area contributed by atoms with Crippen molar-refractivity contribution in [1.82, 2.24) is 15.1 Å². The third-order valence-electron chi connectivity index (χ3n) is 5.52. The molecule has 0 aliphatic carbocycles. The lowest BCUT2D eigenvalue weighted by molar-refractivity contribution is -0.146. The molecule has 0 radical (unpaired) electrons. The number of hydrogen-bond donors (Lipinski definition) is 1. The van der Waals surface area contributed by atoms with Crippen molar-refractivity contribution in [3.05, 3.63) is 0 Å². The molecule has 1 N–H and O–H groups in total. The van der Waals surface area contributed by atoms with Gasteiger partial charge in [-0.05, 0) is 46.1 Å². The van der Waals surface area contributed by atoms with E-state index in [0.717, 1.165) is 38.4 Å². The van der Waals surface area contributed by atoms with E-state index < -0.39 is 0 Å². The Morgan fingerprint density at radius 2 is 1.92 bits per heavy atom. The van der Waals surface area contributed by atoms with Crippen LogP contribution in [0.5, 0.6) is 0 Å². The molecule has 0 aromatic heterocycles. The highest BCUT2D eigenvalue weighted by molar-refractivity contribution is 14.0. The predicted molar refractivity (Wildman–Crippen MR) is 113 cm³/mol. The van der Waals surface area contributed by atoms with E-state index in [2.05, 4.69) is 34.0 Å². The van der Waals surface area contributed by atoms with Crippen molar-refractivity contribution in [1.29, 1.82) is 0 Å². The van der Waals surface area contributed by atoms with E-state index in [0.29, 0.717) is 12.1 Å². The normalized spacial score (nSPS) is 24.4. The summed E-state index contributed by atoms with van der Waals surface area (Å²) >= 11 is 0. The number of guanidine groups is 1. The average molecular weight is 466 g/mol. The van der Waals surface area contributed by atoms with Crippen molar-refractivity contribution in [3.8, 4) is 0 Å². The van der Waals surface area contributed by atoms with Crippen LogP contribution in [0.2, 0.25) is 0 Å². The van der Waals surface area contributed by atoms with E-state index in [9.17, 15) is 4.79 Å². The molecule has 0 aromatic carbocycles. The Labute approximate surface area is 169 Å². The van der Waals surface area contributed by atoms with Crippen LogP contribution >= 0.6 is 24.0 Å². The summed E-state index contributed by atoms with van der Waals surface area (Å²) < 4.78 is 4.86. The van der Waals surface area contributed by atoms with Gasteiger partial charge in [-0.1, -0.05) is 6.42 Å². The van der Waals surface area contributed by atoms with Gasteiger partial charge in [0.1, 0.15) is 0 Å². The van der Waals surface area contributed by atoms with Crippen LogP contribution in [0.1, 0.15) is 46.0 Å². The fourth-order valence-corrected chi connectivity index (χ4v) is 3.96. The topological polar surface area (TPSA) is 57.2 Å². The molecule has 2 atom stereocenters. The molecule has 2 heterocycles. The van der Waals surface area contributed by atoms with Gasteiger partial charge in [-0.3, -0.25) is 14.7 Å². The van der Waals surface area contributed by atoms with Crippen LogP contribution in [0.15, 0.2) is 4.99 Å². The zero-order chi connectivity index (χ0) is 17.5. The molecular formula is C18H35IN4O2. The first kappa shape index (κ1) is 22.5. The van der Waals surface area contributed by atoms with E-state index in [1.807, 2.05) is 7.05 Å². The van der Waals surface area contributed by atoms with E-state index in [-0.39, 0.29) is 35.9 Å². The molecular weight excluding hydrogens is 431 g/mol. The third kappa shape index (κ3) is 6.27. The molecule has 25 heavy (non-hydrogen) atoms. The van der Waals surface area contributed by atoms with E-state index in [1.54, 1.807) is 0 Å². The van der Waals surface area contributed by atoms with Gasteiger partial charge in [0.2, 0.25) is 0 Å². The number of halogens is 1. The second-order valence-electron chi connectivity index (χ2n) is 7.14. The molecule has 0 spiro atoms. The number of carbonyl (C=O) groups excluding carboxylic acids is 1. The smallest absolute Gasteiger partial charge is 0.308 e. The van der Waals surface area contributed by atoms with Crippen LogP contribution < -0.4 is 5.32 Å². The number of methoxy groups -OCH3 is 1. The number of rotatable bonds is 4. The second-order valence-corrected chi connectivity index (χ2v) is 7.14. The zero-order valence-corrected chi connectivity index (χ0v) is 18.5. The largest absolute Gasteiger partial charge is 0.469 e. The summed E-state index contributed by atoms with van der Waals surface area (Å²) in [5, 5.41) is 3.53. The van der Waals surface area contributed by atoms with Gasteiger partial charge in [0.25, 0.3) is 0 Å². The van der Waals surface area contributed by atoms with Crippen LogP contribution in [0.3, 0.4) is 0 Å². The Hall–Kier alpha value is -0.570. The minimum absolute atomic E-state index is 0. The predicted octanol–water partition coefficient (Wildman–Crippen LogP) is 2.33. The number of esters is 1. The fraction of sp³-hybridized carbons (Fsp3) is 0.889. The Morgan fingerprint density at radius 3 is 2.48 bits per heavy atom. The first-order chi connectivity index (χ1) is 11.6. The van der Waals surface area contributed by atoms with Crippen LogP contribution in [-0.4, -0.2) is 74.1 Å². The molecule has 0 bridgehead atoms. The number of aliphatic imine (C=N–C) groups is 1. The summed E-state index contributed by atoms with van der Waals surface area (Å²) in [5.41, 5.74) is 0. The lowest BCUT2D eigenvalue weighted by Crippen LogP contribution is -2.52. The highest BCUT2D eigenvalue weighted by Crippen LogP contribution is 2.20. The Morgan fingerprint density at radius 1 is 1.24 bits per heavy atom. The molecule has 2 fully saturated rings. The number of nitrogens with zero attached hydrogens (tertiary/aromatic N) is 3. The van der Waals surface area contributed by atoms with Crippen molar-refractivity contribution >= 4 is 35.9 Å². The minimum atomic E-state index is -0.0784. The maximum atomic E-state index is 11.6. The highest BCUT2D eigenvalue weighted by atomic mass is 127. The van der Waals surface area contributed by atoms with Crippen molar-refractivity contribution in [2.45, 2.75) is 58.0 Å². The summed E-state index contributed by atoms with van der Waals surface area (Å²) in [6, 6.07) is 1.18. The molecule has 2 rings (SSSR count).